The quantitative estimate of drug-likeness (QED) is 0.604. The lowest BCUT2D eigenvalue weighted by molar-refractivity contribution is -0.159. The van der Waals surface area contributed by atoms with Crippen LogP contribution in [0.1, 0.15) is 6.42 Å². The summed E-state index contributed by atoms with van der Waals surface area (Å²) in [5, 5.41) is 25.1. The second-order valence-electron chi connectivity index (χ2n) is 7.09. The van der Waals surface area contributed by atoms with Crippen molar-refractivity contribution in [2.75, 3.05) is 31.6 Å². The van der Waals surface area contributed by atoms with Crippen molar-refractivity contribution in [3.63, 3.8) is 0 Å². The summed E-state index contributed by atoms with van der Waals surface area (Å²) in [6, 6.07) is 11.4. The molecule has 0 spiro atoms. The maximum Gasteiger partial charge on any atom is 0.414 e. The zero-order valence-electron chi connectivity index (χ0n) is 16.7. The Morgan fingerprint density at radius 1 is 1.13 bits per heavy atom. The van der Waals surface area contributed by atoms with Gasteiger partial charge in [0.2, 0.25) is 0 Å². The van der Waals surface area contributed by atoms with E-state index in [1.807, 2.05) is 13.1 Å². The summed E-state index contributed by atoms with van der Waals surface area (Å²) in [6.45, 7) is 2.13. The van der Waals surface area contributed by atoms with Crippen LogP contribution in [0.2, 0.25) is 5.02 Å². The molecule has 166 valence electrons. The van der Waals surface area contributed by atoms with Gasteiger partial charge in [0, 0.05) is 23.7 Å². The van der Waals surface area contributed by atoms with Crippen LogP contribution in [0.25, 0.3) is 11.1 Å². The van der Waals surface area contributed by atoms with E-state index < -0.39 is 23.8 Å². The van der Waals surface area contributed by atoms with Gasteiger partial charge in [0.1, 0.15) is 5.82 Å². The van der Waals surface area contributed by atoms with Crippen molar-refractivity contribution in [1.29, 1.82) is 0 Å². The lowest BCUT2D eigenvalue weighted by Crippen LogP contribution is -2.35. The lowest BCUT2D eigenvalue weighted by atomic mass is 10.0. The number of nitrogens with zero attached hydrogens (tertiary/aromatic N) is 2. The number of halogens is 2. The van der Waals surface area contributed by atoms with Crippen LogP contribution in [0, 0.1) is 11.7 Å². The Kier molecular flexibility index (Phi) is 8.35. The maximum absolute atomic E-state index is 13.9. The molecule has 1 atom stereocenters. The summed E-state index contributed by atoms with van der Waals surface area (Å²) in [5.41, 5.74) is 1.76. The number of hydrogen-bond donors (Lipinski definition) is 3. The monoisotopic (exact) mass is 452 g/mol. The minimum atomic E-state index is -1.82. The first-order valence-electron chi connectivity index (χ1n) is 9.29. The van der Waals surface area contributed by atoms with Crippen LogP contribution in [-0.2, 0) is 9.59 Å². The Hall–Kier alpha value is -3.17. The Morgan fingerprint density at radius 2 is 1.81 bits per heavy atom. The van der Waals surface area contributed by atoms with E-state index in [0.29, 0.717) is 22.8 Å². The first-order chi connectivity index (χ1) is 14.6. The highest BCUT2D eigenvalue weighted by molar-refractivity contribution is 6.30. The van der Waals surface area contributed by atoms with Crippen LogP contribution in [-0.4, -0.2) is 64.9 Å². The predicted octanol–water partition coefficient (Wildman–Crippen LogP) is 3.74. The molecule has 0 radical (unpaired) electrons. The van der Waals surface area contributed by atoms with Crippen LogP contribution < -0.4 is 4.90 Å². The number of aliphatic carboxylic acids is 2. The molecule has 1 unspecified atom stereocenters. The van der Waals surface area contributed by atoms with Crippen molar-refractivity contribution in [2.24, 2.45) is 5.92 Å². The molecule has 8 nitrogen and oxygen atoms in total. The van der Waals surface area contributed by atoms with Crippen LogP contribution in [0.5, 0.6) is 0 Å². The molecule has 1 heterocycles. The van der Waals surface area contributed by atoms with Gasteiger partial charge in [-0.15, -0.1) is 0 Å². The fourth-order valence-corrected chi connectivity index (χ4v) is 3.53. The second-order valence-corrected chi connectivity index (χ2v) is 7.53. The summed E-state index contributed by atoms with van der Waals surface area (Å²) in [5.74, 6) is -3.88. The van der Waals surface area contributed by atoms with E-state index in [2.05, 4.69) is 4.90 Å². The van der Waals surface area contributed by atoms with E-state index in [-0.39, 0.29) is 5.92 Å². The molecule has 0 saturated carbocycles. The standard InChI is InChI=1S/C19H20ClFN2O2.C2H2O4/c1-22-8-7-13(11-22)12-23(19(24)25)18-10-16(21)5-6-17(18)14-3-2-4-15(20)9-14;3-1(4)2(5)6/h2-6,9-10,13H,7-8,11-12H2,1H3,(H,24,25);(H,3,4)(H,5,6). The summed E-state index contributed by atoms with van der Waals surface area (Å²) in [6.07, 6.45) is -0.148. The molecule has 1 fully saturated rings. The first kappa shape index (κ1) is 24.1. The van der Waals surface area contributed by atoms with Gasteiger partial charge in [0.15, 0.2) is 0 Å². The second kappa shape index (κ2) is 10.7. The van der Waals surface area contributed by atoms with Gasteiger partial charge in [-0.2, -0.15) is 0 Å². The lowest BCUT2D eigenvalue weighted by Gasteiger charge is -2.25. The van der Waals surface area contributed by atoms with Crippen molar-refractivity contribution in [2.45, 2.75) is 6.42 Å². The van der Waals surface area contributed by atoms with Gasteiger partial charge < -0.3 is 20.2 Å². The van der Waals surface area contributed by atoms with Crippen LogP contribution in [0.15, 0.2) is 42.5 Å². The Labute approximate surface area is 183 Å². The number of hydrogen-bond acceptors (Lipinski definition) is 4. The summed E-state index contributed by atoms with van der Waals surface area (Å²) < 4.78 is 13.9. The van der Waals surface area contributed by atoms with E-state index in [4.69, 9.17) is 31.4 Å². The van der Waals surface area contributed by atoms with E-state index in [0.717, 1.165) is 25.1 Å². The number of benzene rings is 2. The number of rotatable bonds is 4. The van der Waals surface area contributed by atoms with Gasteiger partial charge in [-0.1, -0.05) is 23.7 Å². The fraction of sp³-hybridized carbons (Fsp3) is 0.286. The number of anilines is 1. The summed E-state index contributed by atoms with van der Waals surface area (Å²) in [7, 11) is 2.02. The minimum absolute atomic E-state index is 0.233. The van der Waals surface area contributed by atoms with E-state index in [1.165, 1.54) is 17.0 Å². The molecule has 2 aromatic rings. The van der Waals surface area contributed by atoms with Crippen molar-refractivity contribution in [3.8, 4) is 11.1 Å². The summed E-state index contributed by atoms with van der Waals surface area (Å²) >= 11 is 6.06. The Morgan fingerprint density at radius 3 is 2.32 bits per heavy atom. The van der Waals surface area contributed by atoms with Crippen molar-refractivity contribution < 1.29 is 34.1 Å². The molecule has 10 heteroatoms. The average molecular weight is 453 g/mol. The molecule has 0 bridgehead atoms. The van der Waals surface area contributed by atoms with Gasteiger partial charge >= 0.3 is 18.0 Å². The Balaban J connectivity index is 0.000000501. The van der Waals surface area contributed by atoms with Gasteiger partial charge in [0.05, 0.1) is 5.69 Å². The fourth-order valence-electron chi connectivity index (χ4n) is 3.34. The highest BCUT2D eigenvalue weighted by Gasteiger charge is 2.27. The third kappa shape index (κ3) is 6.94. The molecule has 0 aliphatic carbocycles. The van der Waals surface area contributed by atoms with Crippen molar-refractivity contribution in [3.05, 3.63) is 53.3 Å². The largest absolute Gasteiger partial charge is 0.473 e. The smallest absolute Gasteiger partial charge is 0.414 e. The molecule has 0 aromatic heterocycles. The van der Waals surface area contributed by atoms with E-state index >= 15 is 0 Å². The minimum Gasteiger partial charge on any atom is -0.473 e. The van der Waals surface area contributed by atoms with E-state index in [9.17, 15) is 14.3 Å². The molecular weight excluding hydrogens is 431 g/mol. The number of amides is 1. The first-order valence-corrected chi connectivity index (χ1v) is 9.67. The highest BCUT2D eigenvalue weighted by Crippen LogP contribution is 2.34. The molecule has 31 heavy (non-hydrogen) atoms. The third-order valence-electron chi connectivity index (χ3n) is 4.73. The van der Waals surface area contributed by atoms with Gasteiger partial charge in [-0.25, -0.2) is 18.8 Å². The molecule has 1 saturated heterocycles. The zero-order valence-corrected chi connectivity index (χ0v) is 17.4. The molecular formula is C21H22ClFN2O6. The van der Waals surface area contributed by atoms with Gasteiger partial charge in [-0.3, -0.25) is 4.90 Å². The van der Waals surface area contributed by atoms with Crippen molar-refractivity contribution >= 4 is 35.3 Å². The normalized spacial score (nSPS) is 15.6. The highest BCUT2D eigenvalue weighted by atomic mass is 35.5. The molecule has 1 amide bonds. The number of carboxylic acid groups (broad SMARTS) is 3. The van der Waals surface area contributed by atoms with Gasteiger partial charge in [0.25, 0.3) is 0 Å². The topological polar surface area (TPSA) is 118 Å². The van der Waals surface area contributed by atoms with Crippen LogP contribution in [0.3, 0.4) is 0 Å². The Bertz CT molecular complexity index is 959. The molecule has 1 aliphatic rings. The number of carbonyl (C=O) groups is 3. The van der Waals surface area contributed by atoms with Crippen LogP contribution in [0.4, 0.5) is 14.9 Å². The van der Waals surface area contributed by atoms with E-state index in [1.54, 1.807) is 24.3 Å². The molecule has 3 N–H and O–H groups in total. The zero-order chi connectivity index (χ0) is 23.1. The SMILES string of the molecule is CN1CCC(CN(C(=O)O)c2cc(F)ccc2-c2cccc(Cl)c2)C1.O=C(O)C(=O)O. The van der Waals surface area contributed by atoms with Crippen molar-refractivity contribution in [1.82, 2.24) is 4.90 Å². The molecule has 1 aliphatic heterocycles. The number of carboxylic acids is 2. The molecule has 2 aromatic carbocycles. The number of likely N-dealkylation sites (tertiary alicyclic amines) is 1. The third-order valence-corrected chi connectivity index (χ3v) is 4.96. The molecule has 3 rings (SSSR count). The predicted molar refractivity (Wildman–Crippen MR) is 113 cm³/mol. The van der Waals surface area contributed by atoms with Crippen LogP contribution >= 0.6 is 11.6 Å². The average Bonchev–Trinajstić information content (AvgIpc) is 3.11. The maximum atomic E-state index is 13.9. The summed E-state index contributed by atoms with van der Waals surface area (Å²) in [4.78, 5) is 33.5. The van der Waals surface area contributed by atoms with Gasteiger partial charge in [-0.05, 0) is 61.8 Å².